The molecule has 0 saturated heterocycles. The molecule has 2 nitrogen and oxygen atoms in total. The number of aryl methyl sites for hydroxylation is 1. The highest BCUT2D eigenvalue weighted by molar-refractivity contribution is 7.80. The van der Waals surface area contributed by atoms with Gasteiger partial charge in [0.05, 0.1) is 6.04 Å². The Morgan fingerprint density at radius 3 is 2.52 bits per heavy atom. The van der Waals surface area contributed by atoms with Crippen LogP contribution in [-0.2, 0) is 0 Å². The fourth-order valence-corrected chi connectivity index (χ4v) is 2.60. The van der Waals surface area contributed by atoms with Crippen LogP contribution in [0.2, 0.25) is 0 Å². The van der Waals surface area contributed by atoms with Crippen LogP contribution in [0.1, 0.15) is 36.9 Å². The van der Waals surface area contributed by atoms with E-state index >= 15 is 0 Å². The molecule has 2 aromatic rings. The summed E-state index contributed by atoms with van der Waals surface area (Å²) in [5.41, 5.74) is 3.51. The summed E-state index contributed by atoms with van der Waals surface area (Å²) in [6, 6.07) is 18.9. The SMILES string of the molecule is CCC[C@H](NC(=S)Nc1cccc(C)c1)c1ccccc1. The third-order valence-electron chi connectivity index (χ3n) is 3.36. The summed E-state index contributed by atoms with van der Waals surface area (Å²) >= 11 is 5.45. The zero-order valence-corrected chi connectivity index (χ0v) is 13.4. The molecular formula is C18H22N2S. The number of benzene rings is 2. The van der Waals surface area contributed by atoms with E-state index in [1.165, 1.54) is 11.1 Å². The van der Waals surface area contributed by atoms with Crippen LogP contribution in [0.4, 0.5) is 5.69 Å². The van der Waals surface area contributed by atoms with Crippen LogP contribution in [-0.4, -0.2) is 5.11 Å². The van der Waals surface area contributed by atoms with Gasteiger partial charge in [-0.2, -0.15) is 0 Å². The third-order valence-corrected chi connectivity index (χ3v) is 3.58. The summed E-state index contributed by atoms with van der Waals surface area (Å²) in [5.74, 6) is 0. The Kier molecular flexibility index (Phi) is 5.76. The molecule has 0 aliphatic heterocycles. The minimum absolute atomic E-state index is 0.251. The normalized spacial score (nSPS) is 11.7. The van der Waals surface area contributed by atoms with Crippen molar-refractivity contribution < 1.29 is 0 Å². The van der Waals surface area contributed by atoms with Gasteiger partial charge in [-0.15, -0.1) is 0 Å². The van der Waals surface area contributed by atoms with Crippen LogP contribution in [0.25, 0.3) is 0 Å². The second-order valence-corrected chi connectivity index (χ2v) is 5.63. The monoisotopic (exact) mass is 298 g/mol. The molecule has 2 aromatic carbocycles. The molecule has 0 fully saturated rings. The third kappa shape index (κ3) is 4.87. The van der Waals surface area contributed by atoms with E-state index in [0.29, 0.717) is 5.11 Å². The number of rotatable bonds is 5. The zero-order valence-electron chi connectivity index (χ0n) is 12.6. The Balaban J connectivity index is 2.02. The Morgan fingerprint density at radius 2 is 1.86 bits per heavy atom. The number of hydrogen-bond acceptors (Lipinski definition) is 1. The molecular weight excluding hydrogens is 276 g/mol. The molecule has 2 rings (SSSR count). The smallest absolute Gasteiger partial charge is 0.171 e. The second kappa shape index (κ2) is 7.79. The van der Waals surface area contributed by atoms with Gasteiger partial charge in [0.1, 0.15) is 0 Å². The molecule has 1 atom stereocenters. The average molecular weight is 298 g/mol. The van der Waals surface area contributed by atoms with Crippen molar-refractivity contribution >= 4 is 23.0 Å². The van der Waals surface area contributed by atoms with Gasteiger partial charge in [0.2, 0.25) is 0 Å². The van der Waals surface area contributed by atoms with Crippen molar-refractivity contribution in [1.29, 1.82) is 0 Å². The van der Waals surface area contributed by atoms with Crippen LogP contribution in [0.15, 0.2) is 54.6 Å². The van der Waals surface area contributed by atoms with E-state index in [9.17, 15) is 0 Å². The lowest BCUT2D eigenvalue weighted by atomic mass is 10.0. The first-order valence-electron chi connectivity index (χ1n) is 7.38. The first-order chi connectivity index (χ1) is 10.2. The summed E-state index contributed by atoms with van der Waals surface area (Å²) in [7, 11) is 0. The van der Waals surface area contributed by atoms with Crippen molar-refractivity contribution in [3.05, 3.63) is 65.7 Å². The van der Waals surface area contributed by atoms with Crippen molar-refractivity contribution in [3.63, 3.8) is 0 Å². The second-order valence-electron chi connectivity index (χ2n) is 5.22. The van der Waals surface area contributed by atoms with E-state index in [1.54, 1.807) is 0 Å². The molecule has 0 unspecified atom stereocenters. The Morgan fingerprint density at radius 1 is 1.10 bits per heavy atom. The fraction of sp³-hybridized carbons (Fsp3) is 0.278. The average Bonchev–Trinajstić information content (AvgIpc) is 2.47. The highest BCUT2D eigenvalue weighted by Gasteiger charge is 2.11. The summed E-state index contributed by atoms with van der Waals surface area (Å²) in [6.07, 6.45) is 2.17. The van der Waals surface area contributed by atoms with Gasteiger partial charge >= 0.3 is 0 Å². The van der Waals surface area contributed by atoms with E-state index < -0.39 is 0 Å². The standard InChI is InChI=1S/C18H22N2S/c1-3-8-17(15-10-5-4-6-11-15)20-18(21)19-16-12-7-9-14(2)13-16/h4-7,9-13,17H,3,8H2,1-2H3,(H2,19,20,21)/t17-/m0/s1. The van der Waals surface area contributed by atoms with Crippen molar-refractivity contribution in [3.8, 4) is 0 Å². The van der Waals surface area contributed by atoms with E-state index in [0.717, 1.165) is 18.5 Å². The van der Waals surface area contributed by atoms with Gasteiger partial charge in [-0.25, -0.2) is 0 Å². The topological polar surface area (TPSA) is 24.1 Å². The molecule has 3 heteroatoms. The molecule has 0 aromatic heterocycles. The lowest BCUT2D eigenvalue weighted by Crippen LogP contribution is -2.32. The molecule has 21 heavy (non-hydrogen) atoms. The lowest BCUT2D eigenvalue weighted by Gasteiger charge is -2.21. The molecule has 2 N–H and O–H groups in total. The molecule has 0 saturated carbocycles. The fourth-order valence-electron chi connectivity index (χ4n) is 2.34. The van der Waals surface area contributed by atoms with E-state index in [4.69, 9.17) is 12.2 Å². The molecule has 0 spiro atoms. The molecule has 0 heterocycles. The van der Waals surface area contributed by atoms with E-state index in [1.807, 2.05) is 18.2 Å². The summed E-state index contributed by atoms with van der Waals surface area (Å²) in [4.78, 5) is 0. The van der Waals surface area contributed by atoms with Crippen LogP contribution >= 0.6 is 12.2 Å². The van der Waals surface area contributed by atoms with Crippen LogP contribution in [0.3, 0.4) is 0 Å². The summed E-state index contributed by atoms with van der Waals surface area (Å²) in [5, 5.41) is 7.35. The van der Waals surface area contributed by atoms with Crippen LogP contribution in [0, 0.1) is 6.92 Å². The van der Waals surface area contributed by atoms with Crippen molar-refractivity contribution in [2.75, 3.05) is 5.32 Å². The first-order valence-corrected chi connectivity index (χ1v) is 7.79. The highest BCUT2D eigenvalue weighted by atomic mass is 32.1. The minimum Gasteiger partial charge on any atom is -0.356 e. The van der Waals surface area contributed by atoms with Gasteiger partial charge in [-0.05, 0) is 48.8 Å². The number of anilines is 1. The van der Waals surface area contributed by atoms with Crippen molar-refractivity contribution in [2.45, 2.75) is 32.7 Å². The first kappa shape index (κ1) is 15.5. The number of nitrogens with one attached hydrogen (secondary N) is 2. The van der Waals surface area contributed by atoms with Gasteiger partial charge in [0, 0.05) is 5.69 Å². The molecule has 0 aliphatic rings. The predicted molar refractivity (Wildman–Crippen MR) is 94.6 cm³/mol. The van der Waals surface area contributed by atoms with Gasteiger partial charge in [-0.1, -0.05) is 55.8 Å². The predicted octanol–water partition coefficient (Wildman–Crippen LogP) is 4.82. The van der Waals surface area contributed by atoms with Crippen molar-refractivity contribution in [1.82, 2.24) is 5.32 Å². The number of hydrogen-bond donors (Lipinski definition) is 2. The lowest BCUT2D eigenvalue weighted by molar-refractivity contribution is 0.584. The van der Waals surface area contributed by atoms with E-state index in [-0.39, 0.29) is 6.04 Å². The maximum atomic E-state index is 5.45. The maximum absolute atomic E-state index is 5.45. The molecule has 0 radical (unpaired) electrons. The Bertz CT molecular complexity index is 581. The maximum Gasteiger partial charge on any atom is 0.171 e. The molecule has 0 aliphatic carbocycles. The highest BCUT2D eigenvalue weighted by Crippen LogP contribution is 2.18. The Hall–Kier alpha value is -1.87. The van der Waals surface area contributed by atoms with Crippen molar-refractivity contribution in [2.24, 2.45) is 0 Å². The summed E-state index contributed by atoms with van der Waals surface area (Å²) in [6.45, 7) is 4.26. The van der Waals surface area contributed by atoms with E-state index in [2.05, 4.69) is 60.9 Å². The molecule has 0 amide bonds. The quantitative estimate of drug-likeness (QED) is 0.774. The summed E-state index contributed by atoms with van der Waals surface area (Å²) < 4.78 is 0. The minimum atomic E-state index is 0.251. The van der Waals surface area contributed by atoms with Crippen LogP contribution in [0.5, 0.6) is 0 Å². The number of thiocarbonyl (C=S) groups is 1. The zero-order chi connectivity index (χ0) is 15.1. The van der Waals surface area contributed by atoms with Gasteiger partial charge in [0.15, 0.2) is 5.11 Å². The molecule has 0 bridgehead atoms. The van der Waals surface area contributed by atoms with Gasteiger partial charge < -0.3 is 10.6 Å². The largest absolute Gasteiger partial charge is 0.356 e. The van der Waals surface area contributed by atoms with Gasteiger partial charge in [-0.3, -0.25) is 0 Å². The Labute approximate surface area is 132 Å². The van der Waals surface area contributed by atoms with Crippen LogP contribution < -0.4 is 10.6 Å². The van der Waals surface area contributed by atoms with Gasteiger partial charge in [0.25, 0.3) is 0 Å². The molecule has 110 valence electrons.